The van der Waals surface area contributed by atoms with Crippen molar-refractivity contribution in [1.82, 2.24) is 0 Å². The first kappa shape index (κ1) is 20.4. The van der Waals surface area contributed by atoms with E-state index in [2.05, 4.69) is 64.1 Å². The van der Waals surface area contributed by atoms with Crippen LogP contribution in [0.3, 0.4) is 0 Å². The summed E-state index contributed by atoms with van der Waals surface area (Å²) in [6.45, 7) is 10.6. The number of fused-ring (bicyclic) bond motifs is 1. The zero-order chi connectivity index (χ0) is 18.2. The quantitative estimate of drug-likeness (QED) is 0.602. The predicted octanol–water partition coefficient (Wildman–Crippen LogP) is 5.58. The van der Waals surface area contributed by atoms with Crippen LogP contribution >= 0.6 is 0 Å². The summed E-state index contributed by atoms with van der Waals surface area (Å²) in [7, 11) is -2.21. The fraction of sp³-hybridized carbons (Fsp3) is 0.619. The van der Waals surface area contributed by atoms with Crippen LogP contribution in [-0.4, -0.2) is 33.6 Å². The third-order valence-corrected chi connectivity index (χ3v) is 9.87. The van der Waals surface area contributed by atoms with E-state index in [-0.39, 0.29) is 5.22 Å². The molecular formula is C21H34O3Si. The molecule has 3 nitrogen and oxygen atoms in total. The summed E-state index contributed by atoms with van der Waals surface area (Å²) in [4.78, 5) is 0. The molecule has 1 aromatic carbocycles. The summed E-state index contributed by atoms with van der Waals surface area (Å²) in [6.07, 6.45) is 8.81. The van der Waals surface area contributed by atoms with Gasteiger partial charge in [-0.2, -0.15) is 0 Å². The van der Waals surface area contributed by atoms with Gasteiger partial charge in [-0.1, -0.05) is 56.2 Å². The van der Waals surface area contributed by atoms with Crippen molar-refractivity contribution in [1.29, 1.82) is 0 Å². The molecule has 4 heteroatoms. The summed E-state index contributed by atoms with van der Waals surface area (Å²) in [5.74, 6) is 0. The summed E-state index contributed by atoms with van der Waals surface area (Å²) >= 11 is 0. The van der Waals surface area contributed by atoms with Gasteiger partial charge < -0.3 is 13.6 Å². The van der Waals surface area contributed by atoms with Crippen molar-refractivity contribution in [2.75, 3.05) is 19.8 Å². The van der Waals surface area contributed by atoms with Crippen molar-refractivity contribution in [2.45, 2.75) is 64.6 Å². The number of hydrogen-bond acceptors (Lipinski definition) is 3. The highest BCUT2D eigenvalue weighted by Crippen LogP contribution is 2.42. The second-order valence-corrected chi connectivity index (χ2v) is 10.1. The smallest absolute Gasteiger partial charge is 0.371 e. The lowest BCUT2D eigenvalue weighted by Crippen LogP contribution is -2.65. The first-order valence-electron chi connectivity index (χ1n) is 9.86. The maximum absolute atomic E-state index is 6.16. The highest BCUT2D eigenvalue weighted by atomic mass is 28.4. The minimum Gasteiger partial charge on any atom is -0.393 e. The molecular weight excluding hydrogens is 328 g/mol. The summed E-state index contributed by atoms with van der Waals surface area (Å²) < 4.78 is 18.5. The number of ether oxygens (including phenoxy) is 1. The van der Waals surface area contributed by atoms with Gasteiger partial charge in [-0.25, -0.2) is 0 Å². The average Bonchev–Trinajstić information content (AvgIpc) is 2.59. The molecule has 1 aliphatic carbocycles. The van der Waals surface area contributed by atoms with Gasteiger partial charge in [-0.05, 0) is 50.8 Å². The molecule has 1 unspecified atom stereocenters. The van der Waals surface area contributed by atoms with E-state index in [0.29, 0.717) is 0 Å². The van der Waals surface area contributed by atoms with Gasteiger partial charge in [0.15, 0.2) is 0 Å². The highest BCUT2D eigenvalue weighted by molar-refractivity contribution is 6.70. The molecule has 25 heavy (non-hydrogen) atoms. The van der Waals surface area contributed by atoms with Crippen molar-refractivity contribution in [3.63, 3.8) is 0 Å². The second-order valence-electron chi connectivity index (χ2n) is 6.57. The summed E-state index contributed by atoms with van der Waals surface area (Å²) in [5, 5.41) is -0.119. The lowest BCUT2D eigenvalue weighted by Gasteiger charge is -2.49. The van der Waals surface area contributed by atoms with Crippen LogP contribution in [0.2, 0.25) is 6.04 Å². The molecule has 0 bridgehead atoms. The molecule has 0 aromatic heterocycles. The average molecular weight is 363 g/mol. The maximum Gasteiger partial charge on any atom is 0.371 e. The molecule has 140 valence electrons. The van der Waals surface area contributed by atoms with Crippen molar-refractivity contribution < 1.29 is 13.6 Å². The van der Waals surface area contributed by atoms with E-state index in [1.165, 1.54) is 24.0 Å². The lowest BCUT2D eigenvalue weighted by atomic mass is 9.99. The monoisotopic (exact) mass is 362 g/mol. The topological polar surface area (TPSA) is 27.7 Å². The van der Waals surface area contributed by atoms with Crippen LogP contribution in [0.1, 0.15) is 64.5 Å². The molecule has 1 saturated heterocycles. The number of rotatable bonds is 7. The largest absolute Gasteiger partial charge is 0.393 e. The molecule has 0 amide bonds. The third-order valence-electron chi connectivity index (χ3n) is 5.22. The fourth-order valence-corrected chi connectivity index (χ4v) is 8.47. The van der Waals surface area contributed by atoms with Crippen LogP contribution in [0.5, 0.6) is 0 Å². The van der Waals surface area contributed by atoms with Gasteiger partial charge in [0.25, 0.3) is 0 Å². The summed E-state index contributed by atoms with van der Waals surface area (Å²) in [5.41, 5.74) is 2.74. The Labute approximate surface area is 154 Å². The van der Waals surface area contributed by atoms with Crippen molar-refractivity contribution >= 4 is 20.7 Å². The number of benzene rings is 1. The van der Waals surface area contributed by atoms with Crippen LogP contribution in [-0.2, 0) is 13.6 Å². The summed E-state index contributed by atoms with van der Waals surface area (Å²) in [6, 6.07) is 9.44. The standard InChI is InChI=1S/C13H28O3Si.C8H6/c1-5-13(14-6-2)11-9-10-12-17(13,15-7-3)16-8-4;1-2-4-8-6-5-7(8)3-1/h5-12H2,1-4H3;1-6H. The molecule has 0 radical (unpaired) electrons. The van der Waals surface area contributed by atoms with Gasteiger partial charge in [0.05, 0.1) is 0 Å². The van der Waals surface area contributed by atoms with Gasteiger partial charge >= 0.3 is 8.56 Å². The predicted molar refractivity (Wildman–Crippen MR) is 108 cm³/mol. The Balaban J connectivity index is 0.000000230. The van der Waals surface area contributed by atoms with E-state index in [0.717, 1.165) is 38.7 Å². The van der Waals surface area contributed by atoms with Gasteiger partial charge in [0, 0.05) is 19.8 Å². The van der Waals surface area contributed by atoms with Crippen molar-refractivity contribution in [3.8, 4) is 0 Å². The Morgan fingerprint density at radius 2 is 1.48 bits per heavy atom. The van der Waals surface area contributed by atoms with Gasteiger partial charge in [-0.3, -0.25) is 0 Å². The Hall–Kier alpha value is -0.943. The third kappa shape index (κ3) is 4.43. The first-order valence-corrected chi connectivity index (χ1v) is 11.9. The highest BCUT2D eigenvalue weighted by Gasteiger charge is 2.58. The molecule has 0 N–H and O–H groups in total. The van der Waals surface area contributed by atoms with Gasteiger partial charge in [0.2, 0.25) is 0 Å². The minimum absolute atomic E-state index is 0.119. The molecule has 1 fully saturated rings. The van der Waals surface area contributed by atoms with Crippen LogP contribution in [0.4, 0.5) is 0 Å². The van der Waals surface area contributed by atoms with Crippen LogP contribution in [0.15, 0.2) is 24.3 Å². The Morgan fingerprint density at radius 3 is 1.88 bits per heavy atom. The van der Waals surface area contributed by atoms with E-state index >= 15 is 0 Å². The van der Waals surface area contributed by atoms with Gasteiger partial charge in [-0.15, -0.1) is 0 Å². The Morgan fingerprint density at radius 1 is 0.880 bits per heavy atom. The minimum atomic E-state index is -2.21. The maximum atomic E-state index is 6.16. The molecule has 1 heterocycles. The van der Waals surface area contributed by atoms with E-state index in [4.69, 9.17) is 13.6 Å². The Bertz CT molecular complexity index is 517. The van der Waals surface area contributed by atoms with E-state index in [9.17, 15) is 0 Å². The zero-order valence-electron chi connectivity index (χ0n) is 16.3. The molecule has 1 atom stereocenters. The van der Waals surface area contributed by atoms with E-state index < -0.39 is 8.56 Å². The molecule has 1 aliphatic heterocycles. The van der Waals surface area contributed by atoms with E-state index in [1.807, 2.05) is 0 Å². The Kier molecular flexibility index (Phi) is 7.88. The molecule has 0 saturated carbocycles. The normalized spacial score (nSPS) is 23.2. The van der Waals surface area contributed by atoms with Crippen LogP contribution in [0, 0.1) is 0 Å². The zero-order valence-corrected chi connectivity index (χ0v) is 17.3. The SMILES string of the molecule is C1=Cc2ccccc21.CCOC1(CC)CCCC[Si]1(OCC)OCC. The fourth-order valence-electron chi connectivity index (χ4n) is 4.01. The van der Waals surface area contributed by atoms with Crippen LogP contribution in [0.25, 0.3) is 12.2 Å². The van der Waals surface area contributed by atoms with Crippen molar-refractivity contribution in [2.24, 2.45) is 0 Å². The molecule has 2 aliphatic rings. The van der Waals surface area contributed by atoms with E-state index in [1.54, 1.807) is 0 Å². The lowest BCUT2D eigenvalue weighted by molar-refractivity contribution is -0.0426. The van der Waals surface area contributed by atoms with Crippen LogP contribution < -0.4 is 0 Å². The number of hydrogen-bond donors (Lipinski definition) is 0. The van der Waals surface area contributed by atoms with Crippen molar-refractivity contribution in [3.05, 3.63) is 35.4 Å². The molecule has 3 rings (SSSR count). The first-order chi connectivity index (χ1) is 12.2. The molecule has 1 aromatic rings. The molecule has 0 spiro atoms. The second kappa shape index (κ2) is 9.67. The van der Waals surface area contributed by atoms with Gasteiger partial charge in [0.1, 0.15) is 5.22 Å².